The zero-order valence-electron chi connectivity index (χ0n) is 8.40. The average Bonchev–Trinajstić information content (AvgIpc) is 2.21. The van der Waals surface area contributed by atoms with E-state index in [2.05, 4.69) is 26.2 Å². The van der Waals surface area contributed by atoms with E-state index in [4.69, 9.17) is 5.11 Å². The van der Waals surface area contributed by atoms with Crippen molar-refractivity contribution < 1.29 is 14.7 Å². The topological polar surface area (TPSA) is 79.3 Å². The molecule has 0 aliphatic heterocycles. The molecule has 1 aromatic heterocycles. The minimum absolute atomic E-state index is 0.376. The van der Waals surface area contributed by atoms with Crippen LogP contribution in [0.25, 0.3) is 0 Å². The zero-order valence-corrected chi connectivity index (χ0v) is 9.98. The number of hydrogen-bond donors (Lipinski definition) is 2. The number of hydrogen-bond acceptors (Lipinski definition) is 3. The molecule has 1 heterocycles. The van der Waals surface area contributed by atoms with Gasteiger partial charge < -0.3 is 10.4 Å². The van der Waals surface area contributed by atoms with E-state index in [-0.39, 0.29) is 0 Å². The van der Waals surface area contributed by atoms with Crippen molar-refractivity contribution in [2.45, 2.75) is 6.92 Å². The molecule has 1 rings (SSSR count). The van der Waals surface area contributed by atoms with Crippen molar-refractivity contribution in [1.82, 2.24) is 4.98 Å². The normalized spacial score (nSPS) is 10.4. The summed E-state index contributed by atoms with van der Waals surface area (Å²) in [4.78, 5) is 25.3. The van der Waals surface area contributed by atoms with Gasteiger partial charge in [-0.05, 0) is 34.5 Å². The highest BCUT2D eigenvalue weighted by atomic mass is 79.9. The van der Waals surface area contributed by atoms with Crippen LogP contribution in [0.2, 0.25) is 0 Å². The first-order chi connectivity index (χ1) is 7.49. The number of nitrogens with zero attached hydrogens (tertiary/aromatic N) is 1. The molecule has 6 heteroatoms. The fraction of sp³-hybridized carbons (Fsp3) is 0.100. The van der Waals surface area contributed by atoms with Crippen LogP contribution in [0.1, 0.15) is 5.56 Å². The zero-order chi connectivity index (χ0) is 12.1. The van der Waals surface area contributed by atoms with Gasteiger partial charge in [-0.25, -0.2) is 9.78 Å². The lowest BCUT2D eigenvalue weighted by Crippen LogP contribution is -2.10. The van der Waals surface area contributed by atoms with Crippen LogP contribution in [0.5, 0.6) is 0 Å². The van der Waals surface area contributed by atoms with Crippen molar-refractivity contribution in [1.29, 1.82) is 0 Å². The van der Waals surface area contributed by atoms with Crippen molar-refractivity contribution in [3.8, 4) is 0 Å². The Balaban J connectivity index is 2.70. The van der Waals surface area contributed by atoms with Crippen molar-refractivity contribution in [2.75, 3.05) is 5.32 Å². The first-order valence-corrected chi connectivity index (χ1v) is 5.12. The Morgan fingerprint density at radius 2 is 2.19 bits per heavy atom. The number of pyridine rings is 1. The molecule has 2 N–H and O–H groups in total. The highest BCUT2D eigenvalue weighted by Gasteiger charge is 2.02. The Morgan fingerprint density at radius 1 is 1.50 bits per heavy atom. The van der Waals surface area contributed by atoms with E-state index in [9.17, 15) is 9.59 Å². The molecule has 0 aromatic carbocycles. The molecule has 1 amide bonds. The maximum Gasteiger partial charge on any atom is 0.328 e. The quantitative estimate of drug-likeness (QED) is 0.829. The molecule has 0 bridgehead atoms. The van der Waals surface area contributed by atoms with Crippen LogP contribution in [0.3, 0.4) is 0 Å². The molecule has 0 saturated carbocycles. The lowest BCUT2D eigenvalue weighted by molar-refractivity contribution is -0.131. The van der Waals surface area contributed by atoms with Gasteiger partial charge in [-0.3, -0.25) is 4.79 Å². The third kappa shape index (κ3) is 3.82. The number of aromatic nitrogens is 1. The predicted octanol–water partition coefficient (Wildman–Crippen LogP) is 1.73. The SMILES string of the molecule is Cc1cc(NC(=O)/C=C/C(=O)O)ncc1Br. The molecule has 0 fully saturated rings. The minimum atomic E-state index is -1.17. The molecule has 84 valence electrons. The minimum Gasteiger partial charge on any atom is -0.478 e. The molecule has 1 aromatic rings. The summed E-state index contributed by atoms with van der Waals surface area (Å²) >= 11 is 3.28. The second-order valence-electron chi connectivity index (χ2n) is 2.98. The Kier molecular flexibility index (Phi) is 4.19. The van der Waals surface area contributed by atoms with Gasteiger partial charge in [0.1, 0.15) is 5.82 Å². The summed E-state index contributed by atoms with van der Waals surface area (Å²) in [5.74, 6) is -1.33. The monoisotopic (exact) mass is 284 g/mol. The predicted molar refractivity (Wildman–Crippen MR) is 62.1 cm³/mol. The molecule has 0 spiro atoms. The number of carboxylic acid groups (broad SMARTS) is 1. The van der Waals surface area contributed by atoms with E-state index < -0.39 is 11.9 Å². The summed E-state index contributed by atoms with van der Waals surface area (Å²) in [6.07, 6.45) is 3.26. The summed E-state index contributed by atoms with van der Waals surface area (Å²) in [5.41, 5.74) is 0.924. The molecular formula is C10H9BrN2O3. The maximum atomic E-state index is 11.2. The molecule has 0 aliphatic rings. The average molecular weight is 285 g/mol. The van der Waals surface area contributed by atoms with Crippen LogP contribution in [-0.4, -0.2) is 22.0 Å². The molecule has 0 atom stereocenters. The molecule has 0 unspecified atom stereocenters. The van der Waals surface area contributed by atoms with E-state index in [0.717, 1.165) is 22.2 Å². The van der Waals surface area contributed by atoms with Crippen LogP contribution >= 0.6 is 15.9 Å². The summed E-state index contributed by atoms with van der Waals surface area (Å²) < 4.78 is 0.839. The summed E-state index contributed by atoms with van der Waals surface area (Å²) in [5, 5.41) is 10.8. The Bertz CT molecular complexity index is 457. The number of halogens is 1. The van der Waals surface area contributed by atoms with Crippen LogP contribution in [0.4, 0.5) is 5.82 Å². The van der Waals surface area contributed by atoms with E-state index in [1.807, 2.05) is 6.92 Å². The van der Waals surface area contributed by atoms with Crippen LogP contribution in [-0.2, 0) is 9.59 Å². The smallest absolute Gasteiger partial charge is 0.328 e. The Morgan fingerprint density at radius 3 is 2.75 bits per heavy atom. The molecule has 0 radical (unpaired) electrons. The number of amides is 1. The summed E-state index contributed by atoms with van der Waals surface area (Å²) in [6.45, 7) is 1.86. The standard InChI is InChI=1S/C10H9BrN2O3/c1-6-4-8(12-5-7(6)11)13-9(14)2-3-10(15)16/h2-5H,1H3,(H,15,16)(H,12,13,14)/b3-2+. The lowest BCUT2D eigenvalue weighted by Gasteiger charge is -2.03. The first kappa shape index (κ1) is 12.4. The van der Waals surface area contributed by atoms with E-state index in [1.54, 1.807) is 12.3 Å². The second kappa shape index (κ2) is 5.41. The molecular weight excluding hydrogens is 276 g/mol. The number of carboxylic acids is 1. The van der Waals surface area contributed by atoms with Crippen LogP contribution in [0.15, 0.2) is 28.9 Å². The number of rotatable bonds is 3. The largest absolute Gasteiger partial charge is 0.478 e. The van der Waals surface area contributed by atoms with Gasteiger partial charge in [0.25, 0.3) is 0 Å². The Hall–Kier alpha value is -1.69. The van der Waals surface area contributed by atoms with Crippen molar-refractivity contribution in [2.24, 2.45) is 0 Å². The van der Waals surface area contributed by atoms with Gasteiger partial charge in [0.15, 0.2) is 0 Å². The fourth-order valence-corrected chi connectivity index (χ4v) is 1.14. The van der Waals surface area contributed by atoms with Crippen LogP contribution in [0, 0.1) is 6.92 Å². The van der Waals surface area contributed by atoms with Gasteiger partial charge >= 0.3 is 5.97 Å². The second-order valence-corrected chi connectivity index (χ2v) is 3.83. The van der Waals surface area contributed by atoms with Gasteiger partial charge in [0, 0.05) is 22.8 Å². The highest BCUT2D eigenvalue weighted by molar-refractivity contribution is 9.10. The van der Waals surface area contributed by atoms with E-state index in [1.165, 1.54) is 0 Å². The number of nitrogens with one attached hydrogen (secondary N) is 1. The number of carbonyl (C=O) groups is 2. The molecule has 5 nitrogen and oxygen atoms in total. The maximum absolute atomic E-state index is 11.2. The highest BCUT2D eigenvalue weighted by Crippen LogP contribution is 2.16. The van der Waals surface area contributed by atoms with E-state index >= 15 is 0 Å². The third-order valence-electron chi connectivity index (χ3n) is 1.68. The number of aryl methyl sites for hydroxylation is 1. The summed E-state index contributed by atoms with van der Waals surface area (Å²) in [6, 6.07) is 1.68. The first-order valence-electron chi connectivity index (χ1n) is 4.33. The third-order valence-corrected chi connectivity index (χ3v) is 2.51. The number of anilines is 1. The number of carbonyl (C=O) groups excluding carboxylic acids is 1. The van der Waals surface area contributed by atoms with Crippen LogP contribution < -0.4 is 5.32 Å². The Labute approximate surface area is 100 Å². The molecule has 0 saturated heterocycles. The molecule has 16 heavy (non-hydrogen) atoms. The fourth-order valence-electron chi connectivity index (χ4n) is 0.923. The van der Waals surface area contributed by atoms with Gasteiger partial charge in [-0.1, -0.05) is 0 Å². The van der Waals surface area contributed by atoms with E-state index in [0.29, 0.717) is 5.82 Å². The van der Waals surface area contributed by atoms with Gasteiger partial charge in [-0.15, -0.1) is 0 Å². The number of aliphatic carboxylic acids is 1. The van der Waals surface area contributed by atoms with Crippen molar-refractivity contribution >= 4 is 33.6 Å². The molecule has 0 aliphatic carbocycles. The lowest BCUT2D eigenvalue weighted by atomic mass is 10.3. The van der Waals surface area contributed by atoms with Gasteiger partial charge in [0.05, 0.1) is 0 Å². The summed E-state index contributed by atoms with van der Waals surface area (Å²) in [7, 11) is 0. The van der Waals surface area contributed by atoms with Gasteiger partial charge in [0.2, 0.25) is 5.91 Å². The van der Waals surface area contributed by atoms with Crippen molar-refractivity contribution in [3.05, 3.63) is 34.5 Å². The van der Waals surface area contributed by atoms with Gasteiger partial charge in [-0.2, -0.15) is 0 Å². The van der Waals surface area contributed by atoms with Crippen molar-refractivity contribution in [3.63, 3.8) is 0 Å².